The summed E-state index contributed by atoms with van der Waals surface area (Å²) in [6.45, 7) is -1.73. The molecule has 1 aromatic rings. The Morgan fingerprint density at radius 1 is 1.79 bits per heavy atom. The molecule has 1 aromatic heterocycles. The van der Waals surface area contributed by atoms with E-state index in [0.717, 1.165) is 6.92 Å². The zero-order valence-corrected chi connectivity index (χ0v) is 8.46. The van der Waals surface area contributed by atoms with Gasteiger partial charge in [0.25, 0.3) is 4.34 Å². The van der Waals surface area contributed by atoms with E-state index in [1.54, 1.807) is 0 Å². The number of amides is 1. The second-order valence-corrected chi connectivity index (χ2v) is 4.72. The lowest BCUT2D eigenvalue weighted by Gasteiger charge is -1.85. The summed E-state index contributed by atoms with van der Waals surface area (Å²) in [5.41, 5.74) is 0. The maximum Gasteiger partial charge on any atom is 0.323 e. The summed E-state index contributed by atoms with van der Waals surface area (Å²) >= 11 is 0.288. The van der Waals surface area contributed by atoms with Crippen molar-refractivity contribution in [3.05, 3.63) is 4.80 Å². The Morgan fingerprint density at radius 2 is 2.43 bits per heavy atom. The van der Waals surface area contributed by atoms with E-state index in [9.17, 15) is 13.2 Å². The zero-order chi connectivity index (χ0) is 13.4. The van der Waals surface area contributed by atoms with Gasteiger partial charge in [-0.25, -0.2) is 4.68 Å². The van der Waals surface area contributed by atoms with E-state index in [1.165, 1.54) is 0 Å². The Morgan fingerprint density at radius 3 is 2.86 bits per heavy atom. The number of carbonyl (C=O) groups excluding carboxylic acids is 1. The number of aromatic nitrogens is 2. The molecule has 0 fully saturated rings. The van der Waals surface area contributed by atoms with E-state index in [0.29, 0.717) is 4.68 Å². The van der Waals surface area contributed by atoms with Gasteiger partial charge in [-0.3, -0.25) is 9.35 Å². The molecule has 14 heavy (non-hydrogen) atoms. The van der Waals surface area contributed by atoms with Gasteiger partial charge in [0.05, 0.1) is 0 Å². The van der Waals surface area contributed by atoms with Gasteiger partial charge in [-0.2, -0.15) is 13.4 Å². The predicted octanol–water partition coefficient (Wildman–Crippen LogP) is -0.825. The molecule has 0 saturated carbocycles. The lowest BCUT2D eigenvalue weighted by molar-refractivity contribution is -0.116. The van der Waals surface area contributed by atoms with Crippen molar-refractivity contribution in [3.8, 4) is 0 Å². The first kappa shape index (κ1) is 7.26. The first-order valence-electron chi connectivity index (χ1n) is 4.65. The van der Waals surface area contributed by atoms with Gasteiger partial charge in [0.2, 0.25) is 10.7 Å². The number of carbonyl (C=O) groups is 1. The molecule has 7 nitrogen and oxygen atoms in total. The number of aryl methyl sites for hydroxylation is 1. The van der Waals surface area contributed by atoms with Gasteiger partial charge < -0.3 is 0 Å². The molecule has 0 spiro atoms. The van der Waals surface area contributed by atoms with Crippen molar-refractivity contribution >= 4 is 27.4 Å². The third-order valence-corrected chi connectivity index (χ3v) is 3.12. The molecule has 0 aromatic carbocycles. The summed E-state index contributed by atoms with van der Waals surface area (Å²) in [5.74, 6) is -0.714. The van der Waals surface area contributed by atoms with E-state index in [4.69, 9.17) is 8.67 Å². The van der Waals surface area contributed by atoms with Crippen LogP contribution in [0.2, 0.25) is 0 Å². The van der Waals surface area contributed by atoms with Gasteiger partial charge in [0.1, 0.15) is 0 Å². The van der Waals surface area contributed by atoms with Crippen LogP contribution in [0.15, 0.2) is 9.33 Å². The summed E-state index contributed by atoms with van der Waals surface area (Å²) in [6.07, 6.45) is 0. The highest BCUT2D eigenvalue weighted by Crippen LogP contribution is 2.05. The average molecular weight is 240 g/mol. The van der Waals surface area contributed by atoms with Crippen LogP contribution in [-0.2, 0) is 21.9 Å². The lowest BCUT2D eigenvalue weighted by atomic mass is 10.8. The van der Waals surface area contributed by atoms with Crippen molar-refractivity contribution in [1.29, 1.82) is 0 Å². The van der Waals surface area contributed by atoms with E-state index in [1.807, 2.05) is 0 Å². The van der Waals surface area contributed by atoms with Crippen LogP contribution in [0.1, 0.15) is 11.0 Å². The van der Waals surface area contributed by atoms with Crippen LogP contribution >= 0.6 is 11.3 Å². The smallest absolute Gasteiger partial charge is 0.280 e. The summed E-state index contributed by atoms with van der Waals surface area (Å²) < 4.78 is 51.0. The molecule has 0 unspecified atom stereocenters. The first-order valence-corrected chi connectivity index (χ1v) is 5.41. The van der Waals surface area contributed by atoms with Crippen molar-refractivity contribution in [3.63, 3.8) is 0 Å². The third kappa shape index (κ3) is 2.47. The molecule has 1 N–H and O–H groups in total. The lowest BCUT2D eigenvalue weighted by Crippen LogP contribution is -2.13. The van der Waals surface area contributed by atoms with Gasteiger partial charge in [-0.05, 0) is 0 Å². The molecule has 0 saturated heterocycles. The quantitative estimate of drug-likeness (QED) is 0.646. The molecule has 0 aliphatic carbocycles. The minimum Gasteiger partial charge on any atom is -0.280 e. The predicted molar refractivity (Wildman–Crippen MR) is 47.1 cm³/mol. The second-order valence-electron chi connectivity index (χ2n) is 2.17. The first-order chi connectivity index (χ1) is 7.51. The van der Waals surface area contributed by atoms with E-state index in [-0.39, 0.29) is 11.3 Å². The maximum absolute atomic E-state index is 10.8. The standard InChI is InChI=1S/C5H7N3O4S2/c1-3(9)6-4-8(2)7-5(13-4)14(10,11)12/h1-2H3,(H,10,11,12)/i2D3. The molecule has 0 atom stereocenters. The van der Waals surface area contributed by atoms with Gasteiger partial charge in [0.15, 0.2) is 0 Å². The van der Waals surface area contributed by atoms with E-state index in [2.05, 4.69) is 10.1 Å². The van der Waals surface area contributed by atoms with Gasteiger partial charge in [-0.1, -0.05) is 11.3 Å². The highest BCUT2D eigenvalue weighted by molar-refractivity contribution is 7.87. The Hall–Kier alpha value is -1.06. The fraction of sp³-hybridized carbons (Fsp3) is 0.400. The Balaban J connectivity index is 3.60. The normalized spacial score (nSPS) is 17.3. The fourth-order valence-electron chi connectivity index (χ4n) is 0.575. The molecule has 0 aliphatic heterocycles. The number of hydrogen-bond donors (Lipinski definition) is 1. The highest BCUT2D eigenvalue weighted by Gasteiger charge is 2.15. The molecule has 1 heterocycles. The number of nitrogens with zero attached hydrogens (tertiary/aromatic N) is 3. The average Bonchev–Trinajstić information content (AvgIpc) is 2.44. The Labute approximate surface area is 87.7 Å². The molecular formula is C5H7N3O4S2. The summed E-state index contributed by atoms with van der Waals surface area (Å²) in [6, 6.07) is 0. The zero-order valence-electron chi connectivity index (χ0n) is 9.83. The molecular weight excluding hydrogens is 230 g/mol. The molecule has 78 valence electrons. The van der Waals surface area contributed by atoms with Crippen molar-refractivity contribution in [2.24, 2.45) is 12.0 Å². The molecule has 1 amide bonds. The van der Waals surface area contributed by atoms with Crippen LogP contribution < -0.4 is 4.80 Å². The summed E-state index contributed by atoms with van der Waals surface area (Å²) in [7, 11) is -4.64. The van der Waals surface area contributed by atoms with Crippen molar-refractivity contribution in [2.45, 2.75) is 11.3 Å². The number of rotatable bonds is 1. The van der Waals surface area contributed by atoms with E-state index >= 15 is 0 Å². The van der Waals surface area contributed by atoms with Gasteiger partial charge in [-0.15, -0.1) is 5.10 Å². The van der Waals surface area contributed by atoms with Gasteiger partial charge >= 0.3 is 10.1 Å². The van der Waals surface area contributed by atoms with Crippen LogP contribution in [0.25, 0.3) is 0 Å². The summed E-state index contributed by atoms with van der Waals surface area (Å²) in [5, 5.41) is 3.19. The van der Waals surface area contributed by atoms with Crippen LogP contribution in [0.4, 0.5) is 0 Å². The largest absolute Gasteiger partial charge is 0.323 e. The number of hydrogen-bond acceptors (Lipinski definition) is 5. The summed E-state index contributed by atoms with van der Waals surface area (Å²) in [4.78, 5) is 13.6. The highest BCUT2D eigenvalue weighted by atomic mass is 32.3. The second kappa shape index (κ2) is 3.59. The molecule has 9 heteroatoms. The third-order valence-electron chi connectivity index (χ3n) is 1.02. The maximum atomic E-state index is 10.8. The molecule has 0 aliphatic rings. The Kier molecular flexibility index (Phi) is 1.86. The molecule has 1 rings (SSSR count). The van der Waals surface area contributed by atoms with Crippen LogP contribution in [0.5, 0.6) is 0 Å². The van der Waals surface area contributed by atoms with Crippen molar-refractivity contribution < 1.29 is 21.9 Å². The minimum absolute atomic E-state index is 0.288. The van der Waals surface area contributed by atoms with Crippen LogP contribution in [0, 0.1) is 0 Å². The molecule has 0 radical (unpaired) electrons. The SMILES string of the molecule is [2H]C([2H])([2H])n1nc(S(=O)(=O)O)sc1=NC(C)=O. The Bertz CT molecular complexity index is 611. The monoisotopic (exact) mass is 240 g/mol. The molecule has 0 bridgehead atoms. The minimum atomic E-state index is -4.64. The van der Waals surface area contributed by atoms with Crippen molar-refractivity contribution in [2.75, 3.05) is 0 Å². The van der Waals surface area contributed by atoms with Crippen LogP contribution in [0.3, 0.4) is 0 Å². The topological polar surface area (TPSA) is 102 Å². The van der Waals surface area contributed by atoms with Crippen LogP contribution in [-0.4, -0.2) is 28.7 Å². The van der Waals surface area contributed by atoms with E-state index < -0.39 is 32.1 Å². The fourth-order valence-corrected chi connectivity index (χ4v) is 1.99. The van der Waals surface area contributed by atoms with Crippen molar-refractivity contribution in [1.82, 2.24) is 9.78 Å². The van der Waals surface area contributed by atoms with Gasteiger partial charge in [0, 0.05) is 18.0 Å².